The highest BCUT2D eigenvalue weighted by Gasteiger charge is 2.33. The zero-order valence-corrected chi connectivity index (χ0v) is 11.2. The molecule has 1 aliphatic rings. The van der Waals surface area contributed by atoms with Gasteiger partial charge in [-0.25, -0.2) is 9.50 Å². The third-order valence-electron chi connectivity index (χ3n) is 3.86. The molecule has 106 valence electrons. The second-order valence-electron chi connectivity index (χ2n) is 5.42. The van der Waals surface area contributed by atoms with Gasteiger partial charge in [-0.3, -0.25) is 4.79 Å². The fourth-order valence-corrected chi connectivity index (χ4v) is 2.78. The molecule has 1 amide bonds. The van der Waals surface area contributed by atoms with Crippen LogP contribution in [-0.2, 0) is 11.3 Å². The molecule has 0 aromatic carbocycles. The first-order valence-electron chi connectivity index (χ1n) is 6.93. The first kappa shape index (κ1) is 13.1. The van der Waals surface area contributed by atoms with Gasteiger partial charge in [0, 0.05) is 12.3 Å². The van der Waals surface area contributed by atoms with E-state index < -0.39 is 5.60 Å². The van der Waals surface area contributed by atoms with E-state index in [0.29, 0.717) is 6.54 Å². The van der Waals surface area contributed by atoms with Gasteiger partial charge in [-0.05, 0) is 18.9 Å². The molecule has 0 unspecified atom stereocenters. The molecule has 0 spiro atoms. The van der Waals surface area contributed by atoms with E-state index in [0.717, 1.165) is 37.0 Å². The molecule has 0 bridgehead atoms. The van der Waals surface area contributed by atoms with Crippen LogP contribution in [0.4, 0.5) is 0 Å². The zero-order valence-electron chi connectivity index (χ0n) is 11.2. The fourth-order valence-electron chi connectivity index (χ4n) is 2.78. The summed E-state index contributed by atoms with van der Waals surface area (Å²) in [5.41, 5.74) is 0.821. The average molecular weight is 274 g/mol. The van der Waals surface area contributed by atoms with Crippen LogP contribution in [0.3, 0.4) is 0 Å². The van der Waals surface area contributed by atoms with Crippen molar-refractivity contribution in [3.8, 4) is 0 Å². The highest BCUT2D eigenvalue weighted by Crippen LogP contribution is 2.32. The summed E-state index contributed by atoms with van der Waals surface area (Å²) in [6.07, 6.45) is 7.00. The summed E-state index contributed by atoms with van der Waals surface area (Å²) in [7, 11) is 0. The molecule has 1 fully saturated rings. The minimum absolute atomic E-state index is 0.119. The molecule has 2 heterocycles. The molecule has 3 rings (SSSR count). The lowest BCUT2D eigenvalue weighted by atomic mass is 9.98. The van der Waals surface area contributed by atoms with Crippen molar-refractivity contribution in [1.82, 2.24) is 19.9 Å². The van der Waals surface area contributed by atoms with Crippen molar-refractivity contribution in [1.29, 1.82) is 0 Å². The van der Waals surface area contributed by atoms with Gasteiger partial charge < -0.3 is 10.4 Å². The second-order valence-corrected chi connectivity index (χ2v) is 5.42. The van der Waals surface area contributed by atoms with Gasteiger partial charge in [0.2, 0.25) is 5.91 Å². The Kier molecular flexibility index (Phi) is 3.40. The SMILES string of the molecule is O=C(CC1(O)CCCC1)NCc1ccnc2ccnn12. The number of aromatic nitrogens is 3. The minimum atomic E-state index is -0.802. The van der Waals surface area contributed by atoms with Crippen molar-refractivity contribution >= 4 is 11.6 Å². The Morgan fingerprint density at radius 2 is 2.15 bits per heavy atom. The molecule has 1 aliphatic carbocycles. The van der Waals surface area contributed by atoms with E-state index in [-0.39, 0.29) is 12.3 Å². The number of hydrogen-bond donors (Lipinski definition) is 2. The van der Waals surface area contributed by atoms with E-state index in [9.17, 15) is 9.90 Å². The van der Waals surface area contributed by atoms with Crippen LogP contribution in [0.5, 0.6) is 0 Å². The molecule has 0 aliphatic heterocycles. The van der Waals surface area contributed by atoms with Crippen molar-refractivity contribution in [2.24, 2.45) is 0 Å². The molecule has 0 atom stereocenters. The van der Waals surface area contributed by atoms with Gasteiger partial charge in [0.15, 0.2) is 5.65 Å². The molecule has 6 heteroatoms. The number of nitrogens with one attached hydrogen (secondary N) is 1. The van der Waals surface area contributed by atoms with Crippen molar-refractivity contribution in [2.45, 2.75) is 44.2 Å². The number of carbonyl (C=O) groups excluding carboxylic acids is 1. The van der Waals surface area contributed by atoms with E-state index in [1.165, 1.54) is 0 Å². The van der Waals surface area contributed by atoms with Gasteiger partial charge in [-0.2, -0.15) is 5.10 Å². The molecule has 2 aromatic heterocycles. The van der Waals surface area contributed by atoms with Crippen LogP contribution in [0.1, 0.15) is 37.8 Å². The monoisotopic (exact) mass is 274 g/mol. The van der Waals surface area contributed by atoms with Crippen molar-refractivity contribution < 1.29 is 9.90 Å². The summed E-state index contributed by atoms with van der Waals surface area (Å²) in [4.78, 5) is 16.1. The Hall–Kier alpha value is -1.95. The maximum Gasteiger partial charge on any atom is 0.223 e. The number of rotatable bonds is 4. The second kappa shape index (κ2) is 5.20. The Morgan fingerprint density at radius 1 is 1.35 bits per heavy atom. The minimum Gasteiger partial charge on any atom is -0.389 e. The molecule has 6 nitrogen and oxygen atoms in total. The summed E-state index contributed by atoms with van der Waals surface area (Å²) in [6, 6.07) is 3.64. The molecule has 0 radical (unpaired) electrons. The van der Waals surface area contributed by atoms with E-state index in [2.05, 4.69) is 15.4 Å². The summed E-state index contributed by atoms with van der Waals surface area (Å²) in [5, 5.41) is 17.2. The maximum absolute atomic E-state index is 11.9. The largest absolute Gasteiger partial charge is 0.389 e. The van der Waals surface area contributed by atoms with Gasteiger partial charge in [0.25, 0.3) is 0 Å². The van der Waals surface area contributed by atoms with E-state index >= 15 is 0 Å². The summed E-state index contributed by atoms with van der Waals surface area (Å²) >= 11 is 0. The topological polar surface area (TPSA) is 79.5 Å². The van der Waals surface area contributed by atoms with Gasteiger partial charge >= 0.3 is 0 Å². The van der Waals surface area contributed by atoms with E-state index in [1.807, 2.05) is 12.1 Å². The molecule has 2 aromatic rings. The van der Waals surface area contributed by atoms with Gasteiger partial charge in [-0.1, -0.05) is 12.8 Å². The zero-order chi connectivity index (χ0) is 14.0. The lowest BCUT2D eigenvalue weighted by molar-refractivity contribution is -0.126. The maximum atomic E-state index is 11.9. The summed E-state index contributed by atoms with van der Waals surface area (Å²) in [5.74, 6) is -0.119. The molecular weight excluding hydrogens is 256 g/mol. The lowest BCUT2D eigenvalue weighted by Gasteiger charge is -2.21. The van der Waals surface area contributed by atoms with Crippen molar-refractivity contribution in [3.05, 3.63) is 30.2 Å². The van der Waals surface area contributed by atoms with Crippen LogP contribution in [-0.4, -0.2) is 31.2 Å². The third kappa shape index (κ3) is 2.65. The van der Waals surface area contributed by atoms with Gasteiger partial charge in [0.05, 0.1) is 30.5 Å². The summed E-state index contributed by atoms with van der Waals surface area (Å²) in [6.45, 7) is 0.385. The molecule has 2 N–H and O–H groups in total. The number of fused-ring (bicyclic) bond motifs is 1. The number of amides is 1. The Labute approximate surface area is 116 Å². The summed E-state index contributed by atoms with van der Waals surface area (Å²) < 4.78 is 1.70. The van der Waals surface area contributed by atoms with Gasteiger partial charge in [0.1, 0.15) is 0 Å². The standard InChI is InChI=1S/C14H18N4O2/c19-13(9-14(20)5-1-2-6-14)16-10-11-3-7-15-12-4-8-17-18(11)12/h3-4,7-8,20H,1-2,5-6,9-10H2,(H,16,19). The Morgan fingerprint density at radius 3 is 2.95 bits per heavy atom. The highest BCUT2D eigenvalue weighted by molar-refractivity contribution is 5.77. The molecular formula is C14H18N4O2. The number of carbonyl (C=O) groups is 1. The van der Waals surface area contributed by atoms with Crippen molar-refractivity contribution in [2.75, 3.05) is 0 Å². The van der Waals surface area contributed by atoms with E-state index in [4.69, 9.17) is 0 Å². The average Bonchev–Trinajstić information content (AvgIpc) is 3.05. The quantitative estimate of drug-likeness (QED) is 0.873. The third-order valence-corrected chi connectivity index (χ3v) is 3.86. The predicted octanol–water partition coefficient (Wildman–Crippen LogP) is 1.04. The smallest absolute Gasteiger partial charge is 0.223 e. The number of aliphatic hydroxyl groups is 1. The molecule has 1 saturated carbocycles. The first-order valence-corrected chi connectivity index (χ1v) is 6.93. The highest BCUT2D eigenvalue weighted by atomic mass is 16.3. The lowest BCUT2D eigenvalue weighted by Crippen LogP contribution is -2.34. The van der Waals surface area contributed by atoms with Crippen LogP contribution < -0.4 is 5.32 Å². The van der Waals surface area contributed by atoms with E-state index in [1.54, 1.807) is 16.9 Å². The predicted molar refractivity (Wildman–Crippen MR) is 72.9 cm³/mol. The fraction of sp³-hybridized carbons (Fsp3) is 0.500. The van der Waals surface area contributed by atoms with Crippen LogP contribution in [0.25, 0.3) is 5.65 Å². The number of nitrogens with zero attached hydrogens (tertiary/aromatic N) is 3. The van der Waals surface area contributed by atoms with Crippen LogP contribution in [0, 0.1) is 0 Å². The Balaban J connectivity index is 1.61. The first-order chi connectivity index (χ1) is 9.66. The van der Waals surface area contributed by atoms with Gasteiger partial charge in [-0.15, -0.1) is 0 Å². The van der Waals surface area contributed by atoms with Crippen LogP contribution in [0.15, 0.2) is 24.5 Å². The van der Waals surface area contributed by atoms with Crippen LogP contribution in [0.2, 0.25) is 0 Å². The number of hydrogen-bond acceptors (Lipinski definition) is 4. The molecule has 20 heavy (non-hydrogen) atoms. The van der Waals surface area contributed by atoms with Crippen LogP contribution >= 0.6 is 0 Å². The Bertz CT molecular complexity index is 616. The van der Waals surface area contributed by atoms with Crippen molar-refractivity contribution in [3.63, 3.8) is 0 Å². The molecule has 0 saturated heterocycles. The normalized spacial score (nSPS) is 17.4.